The van der Waals surface area contributed by atoms with E-state index < -0.39 is 6.10 Å². The van der Waals surface area contributed by atoms with Gasteiger partial charge in [-0.3, -0.25) is 14.7 Å². The number of hydrogen-bond acceptors (Lipinski definition) is 4. The van der Waals surface area contributed by atoms with Crippen molar-refractivity contribution < 1.29 is 14.3 Å². The molecular weight excluding hydrogens is 368 g/mol. The topological polar surface area (TPSA) is 74.8 Å². The average Bonchev–Trinajstić information content (AvgIpc) is 3.31. The van der Waals surface area contributed by atoms with Gasteiger partial charge in [0.15, 0.2) is 0 Å². The lowest BCUT2D eigenvalue weighted by molar-refractivity contribution is -0.129. The van der Waals surface area contributed by atoms with Gasteiger partial charge in [-0.2, -0.15) is 0 Å². The second kappa shape index (κ2) is 7.83. The quantitative estimate of drug-likeness (QED) is 0.860. The van der Waals surface area contributed by atoms with Crippen LogP contribution in [0.3, 0.4) is 0 Å². The molecule has 2 unspecified atom stereocenters. The van der Waals surface area contributed by atoms with Crippen LogP contribution in [0.25, 0.3) is 0 Å². The van der Waals surface area contributed by atoms with E-state index in [0.717, 1.165) is 16.9 Å². The highest BCUT2D eigenvalue weighted by atomic mass is 16.5. The number of carbonyl (C=O) groups excluding carboxylic acids is 2. The van der Waals surface area contributed by atoms with E-state index in [0.29, 0.717) is 32.5 Å². The SMILES string of the molecule is CN(C)C(=O)N1CC2(COC(C(=O)NCCc3ccccn3)C2)c2ccccc21. The van der Waals surface area contributed by atoms with E-state index in [-0.39, 0.29) is 17.4 Å². The van der Waals surface area contributed by atoms with Crippen molar-refractivity contribution in [2.75, 3.05) is 38.7 Å². The molecule has 1 fully saturated rings. The Morgan fingerprint density at radius 3 is 2.79 bits per heavy atom. The van der Waals surface area contributed by atoms with Crippen LogP contribution < -0.4 is 10.2 Å². The number of nitrogens with one attached hydrogen (secondary N) is 1. The van der Waals surface area contributed by atoms with E-state index in [1.165, 1.54) is 0 Å². The molecule has 2 aliphatic rings. The first-order chi connectivity index (χ1) is 14.0. The van der Waals surface area contributed by atoms with E-state index in [9.17, 15) is 9.59 Å². The minimum atomic E-state index is -0.513. The summed E-state index contributed by atoms with van der Waals surface area (Å²) in [5.41, 5.74) is 2.59. The van der Waals surface area contributed by atoms with Crippen molar-refractivity contribution in [1.82, 2.24) is 15.2 Å². The van der Waals surface area contributed by atoms with Gasteiger partial charge in [0.2, 0.25) is 5.91 Å². The van der Waals surface area contributed by atoms with Crippen LogP contribution in [0.2, 0.25) is 0 Å². The Morgan fingerprint density at radius 1 is 1.24 bits per heavy atom. The van der Waals surface area contributed by atoms with Gasteiger partial charge in [0.1, 0.15) is 6.10 Å². The summed E-state index contributed by atoms with van der Waals surface area (Å²) in [4.78, 5) is 33.0. The lowest BCUT2D eigenvalue weighted by Gasteiger charge is -2.25. The Hall–Kier alpha value is -2.93. The summed E-state index contributed by atoms with van der Waals surface area (Å²) < 4.78 is 5.92. The molecule has 0 saturated carbocycles. The summed E-state index contributed by atoms with van der Waals surface area (Å²) in [6.45, 7) is 1.48. The maximum Gasteiger partial charge on any atom is 0.323 e. The summed E-state index contributed by atoms with van der Waals surface area (Å²) in [6, 6.07) is 13.6. The molecule has 7 nitrogen and oxygen atoms in total. The Kier molecular flexibility index (Phi) is 5.24. The van der Waals surface area contributed by atoms with Crippen molar-refractivity contribution in [2.24, 2.45) is 0 Å². The first-order valence-corrected chi connectivity index (χ1v) is 9.88. The van der Waals surface area contributed by atoms with Gasteiger partial charge in [-0.05, 0) is 30.2 Å². The fourth-order valence-electron chi connectivity index (χ4n) is 4.22. The molecule has 0 radical (unpaired) electrons. The number of amides is 3. The van der Waals surface area contributed by atoms with Crippen molar-refractivity contribution in [1.29, 1.82) is 0 Å². The molecule has 0 aliphatic carbocycles. The van der Waals surface area contributed by atoms with E-state index in [2.05, 4.69) is 10.3 Å². The molecule has 152 valence electrons. The highest BCUT2D eigenvalue weighted by Crippen LogP contribution is 2.47. The van der Waals surface area contributed by atoms with Crippen molar-refractivity contribution >= 4 is 17.6 Å². The number of urea groups is 1. The summed E-state index contributed by atoms with van der Waals surface area (Å²) >= 11 is 0. The fourth-order valence-corrected chi connectivity index (χ4v) is 4.22. The largest absolute Gasteiger partial charge is 0.367 e. The van der Waals surface area contributed by atoms with Crippen LogP contribution in [-0.2, 0) is 21.4 Å². The molecule has 1 N–H and O–H groups in total. The minimum absolute atomic E-state index is 0.0578. The average molecular weight is 394 g/mol. The van der Waals surface area contributed by atoms with Crippen molar-refractivity contribution in [3.63, 3.8) is 0 Å². The molecular formula is C22H26N4O3. The maximum atomic E-state index is 12.7. The number of ether oxygens (including phenoxy) is 1. The van der Waals surface area contributed by atoms with Crippen LogP contribution in [-0.4, -0.2) is 61.7 Å². The van der Waals surface area contributed by atoms with Gasteiger partial charge in [-0.1, -0.05) is 24.3 Å². The predicted molar refractivity (Wildman–Crippen MR) is 110 cm³/mol. The summed E-state index contributed by atoms with van der Waals surface area (Å²) in [5, 5.41) is 2.96. The minimum Gasteiger partial charge on any atom is -0.367 e. The Labute approximate surface area is 170 Å². The van der Waals surface area contributed by atoms with Gasteiger partial charge in [0.05, 0.1) is 6.61 Å². The first-order valence-electron chi connectivity index (χ1n) is 9.88. The number of fused-ring (bicyclic) bond motifs is 2. The zero-order valence-corrected chi connectivity index (χ0v) is 16.8. The molecule has 1 aromatic carbocycles. The standard InChI is InChI=1S/C22H26N4O3/c1-25(2)21(28)26-14-22(17-8-3-4-9-18(17)26)13-19(29-15-22)20(27)24-12-10-16-7-5-6-11-23-16/h3-9,11,19H,10,12-15H2,1-2H3,(H,24,27). The third kappa shape index (κ3) is 3.70. The van der Waals surface area contributed by atoms with E-state index in [4.69, 9.17) is 4.74 Å². The maximum absolute atomic E-state index is 12.7. The number of carbonyl (C=O) groups is 2. The van der Waals surface area contributed by atoms with Crippen molar-refractivity contribution in [2.45, 2.75) is 24.4 Å². The summed E-state index contributed by atoms with van der Waals surface area (Å²) in [7, 11) is 3.50. The number of anilines is 1. The monoisotopic (exact) mass is 394 g/mol. The number of pyridine rings is 1. The predicted octanol–water partition coefficient (Wildman–Crippen LogP) is 1.97. The molecule has 3 heterocycles. The number of nitrogens with zero attached hydrogens (tertiary/aromatic N) is 3. The highest BCUT2D eigenvalue weighted by Gasteiger charge is 2.51. The van der Waals surface area contributed by atoms with Crippen LogP contribution in [0.5, 0.6) is 0 Å². The van der Waals surface area contributed by atoms with Crippen LogP contribution >= 0.6 is 0 Å². The van der Waals surface area contributed by atoms with Gasteiger partial charge < -0.3 is 15.0 Å². The zero-order valence-electron chi connectivity index (χ0n) is 16.8. The van der Waals surface area contributed by atoms with E-state index in [1.54, 1.807) is 30.1 Å². The van der Waals surface area contributed by atoms with Gasteiger partial charge in [-0.25, -0.2) is 4.79 Å². The van der Waals surface area contributed by atoms with Crippen molar-refractivity contribution in [3.05, 3.63) is 59.9 Å². The van der Waals surface area contributed by atoms with Crippen molar-refractivity contribution in [3.8, 4) is 0 Å². The van der Waals surface area contributed by atoms with Crippen LogP contribution in [0.1, 0.15) is 17.7 Å². The number of hydrogen-bond donors (Lipinski definition) is 1. The third-order valence-electron chi connectivity index (χ3n) is 5.68. The second-order valence-corrected chi connectivity index (χ2v) is 7.93. The van der Waals surface area contributed by atoms with Gasteiger partial charge in [0.25, 0.3) is 0 Å². The molecule has 1 saturated heterocycles. The molecule has 1 spiro atoms. The molecule has 0 bridgehead atoms. The molecule has 2 atom stereocenters. The molecule has 7 heteroatoms. The summed E-state index contributed by atoms with van der Waals surface area (Å²) in [5.74, 6) is -0.104. The zero-order chi connectivity index (χ0) is 20.4. The Morgan fingerprint density at radius 2 is 2.03 bits per heavy atom. The smallest absolute Gasteiger partial charge is 0.323 e. The Bertz CT molecular complexity index is 902. The van der Waals surface area contributed by atoms with Gasteiger partial charge in [-0.15, -0.1) is 0 Å². The number of aromatic nitrogens is 1. The molecule has 29 heavy (non-hydrogen) atoms. The number of rotatable bonds is 4. The first kappa shape index (κ1) is 19.4. The van der Waals surface area contributed by atoms with E-state index in [1.807, 2.05) is 42.5 Å². The summed E-state index contributed by atoms with van der Waals surface area (Å²) in [6.07, 6.45) is 2.48. The molecule has 2 aromatic rings. The fraction of sp³-hybridized carbons (Fsp3) is 0.409. The molecule has 3 amide bonds. The van der Waals surface area contributed by atoms with Gasteiger partial charge in [0, 0.05) is 56.6 Å². The lowest BCUT2D eigenvalue weighted by Crippen LogP contribution is -2.43. The lowest BCUT2D eigenvalue weighted by atomic mass is 9.80. The van der Waals surface area contributed by atoms with Crippen LogP contribution in [0.15, 0.2) is 48.7 Å². The molecule has 2 aliphatic heterocycles. The third-order valence-corrected chi connectivity index (χ3v) is 5.68. The highest BCUT2D eigenvalue weighted by molar-refractivity contribution is 5.95. The second-order valence-electron chi connectivity index (χ2n) is 7.93. The normalized spacial score (nSPS) is 22.6. The number of para-hydroxylation sites is 1. The van der Waals surface area contributed by atoms with Crippen LogP contribution in [0.4, 0.5) is 10.5 Å². The van der Waals surface area contributed by atoms with E-state index >= 15 is 0 Å². The van der Waals surface area contributed by atoms with Gasteiger partial charge >= 0.3 is 6.03 Å². The van der Waals surface area contributed by atoms with Crippen LogP contribution in [0, 0.1) is 0 Å². The molecule has 1 aromatic heterocycles. The number of benzene rings is 1. The Balaban J connectivity index is 1.43. The molecule has 4 rings (SSSR count).